The van der Waals surface area contributed by atoms with Gasteiger partial charge >= 0.3 is 0 Å². The molecule has 0 saturated carbocycles. The van der Waals surface area contributed by atoms with Gasteiger partial charge in [-0.25, -0.2) is 0 Å². The van der Waals surface area contributed by atoms with Crippen molar-refractivity contribution in [3.63, 3.8) is 0 Å². The van der Waals surface area contributed by atoms with E-state index in [1.54, 1.807) is 0 Å². The smallest absolute Gasteiger partial charge is 0.133 e. The van der Waals surface area contributed by atoms with Gasteiger partial charge in [-0.15, -0.1) is 0 Å². The van der Waals surface area contributed by atoms with Crippen LogP contribution in [0.2, 0.25) is 0 Å². The standard InChI is InChI=1S/C17H16Br2O/c18-15-7-1-13(2-8-15)5-11-17(20)12-6-14-3-9-16(19)10-4-14/h1-4,7-10H,5-6,11-12H2. The van der Waals surface area contributed by atoms with Gasteiger partial charge in [0.25, 0.3) is 0 Å². The van der Waals surface area contributed by atoms with Crippen LogP contribution in [-0.2, 0) is 17.6 Å². The van der Waals surface area contributed by atoms with Crippen LogP contribution in [0.1, 0.15) is 24.0 Å². The fraction of sp³-hybridized carbons (Fsp3) is 0.235. The Morgan fingerprint density at radius 3 is 1.40 bits per heavy atom. The van der Waals surface area contributed by atoms with E-state index in [2.05, 4.69) is 56.1 Å². The fourth-order valence-corrected chi connectivity index (χ4v) is 2.52. The molecule has 1 nitrogen and oxygen atoms in total. The molecule has 0 amide bonds. The van der Waals surface area contributed by atoms with Crippen molar-refractivity contribution >= 4 is 37.6 Å². The number of hydrogen-bond donors (Lipinski definition) is 0. The highest BCUT2D eigenvalue weighted by Gasteiger charge is 2.04. The van der Waals surface area contributed by atoms with Gasteiger partial charge in [-0.3, -0.25) is 4.79 Å². The van der Waals surface area contributed by atoms with Crippen LogP contribution in [0, 0.1) is 0 Å². The highest BCUT2D eigenvalue weighted by molar-refractivity contribution is 9.10. The van der Waals surface area contributed by atoms with E-state index in [0.717, 1.165) is 21.8 Å². The lowest BCUT2D eigenvalue weighted by atomic mass is 10.0. The van der Waals surface area contributed by atoms with Gasteiger partial charge in [0.2, 0.25) is 0 Å². The highest BCUT2D eigenvalue weighted by Crippen LogP contribution is 2.14. The van der Waals surface area contributed by atoms with E-state index >= 15 is 0 Å². The largest absolute Gasteiger partial charge is 0.300 e. The first kappa shape index (κ1) is 15.5. The summed E-state index contributed by atoms with van der Waals surface area (Å²) in [6.07, 6.45) is 2.90. The van der Waals surface area contributed by atoms with Crippen LogP contribution in [0.15, 0.2) is 57.5 Å². The van der Waals surface area contributed by atoms with Crippen molar-refractivity contribution in [2.45, 2.75) is 25.7 Å². The van der Waals surface area contributed by atoms with Gasteiger partial charge in [-0.1, -0.05) is 56.1 Å². The third-order valence-corrected chi connectivity index (χ3v) is 4.27. The normalized spacial score (nSPS) is 10.5. The van der Waals surface area contributed by atoms with Crippen molar-refractivity contribution in [3.05, 3.63) is 68.6 Å². The molecule has 0 aliphatic heterocycles. The van der Waals surface area contributed by atoms with E-state index in [9.17, 15) is 4.79 Å². The Labute approximate surface area is 136 Å². The number of Topliss-reactive ketones (excluding diaryl/α,β-unsaturated/α-hetero) is 1. The van der Waals surface area contributed by atoms with Crippen LogP contribution in [-0.4, -0.2) is 5.78 Å². The second kappa shape index (κ2) is 7.75. The molecule has 0 aromatic heterocycles. The van der Waals surface area contributed by atoms with Gasteiger partial charge in [-0.2, -0.15) is 0 Å². The predicted molar refractivity (Wildman–Crippen MR) is 89.9 cm³/mol. The number of ketones is 1. The lowest BCUT2D eigenvalue weighted by Gasteiger charge is -2.03. The summed E-state index contributed by atoms with van der Waals surface area (Å²) in [5, 5.41) is 0. The first-order valence-corrected chi connectivity index (χ1v) is 8.23. The molecule has 0 fully saturated rings. The summed E-state index contributed by atoms with van der Waals surface area (Å²) in [5.41, 5.74) is 2.43. The molecule has 0 N–H and O–H groups in total. The second-order valence-corrected chi connectivity index (χ2v) is 6.62. The molecule has 104 valence electrons. The molecule has 2 aromatic carbocycles. The van der Waals surface area contributed by atoms with Crippen molar-refractivity contribution in [1.29, 1.82) is 0 Å². The zero-order valence-electron chi connectivity index (χ0n) is 11.1. The van der Waals surface area contributed by atoms with Crippen molar-refractivity contribution < 1.29 is 4.79 Å². The van der Waals surface area contributed by atoms with E-state index in [-0.39, 0.29) is 0 Å². The number of benzene rings is 2. The summed E-state index contributed by atoms with van der Waals surface area (Å²) >= 11 is 6.82. The minimum absolute atomic E-state index is 0.329. The molecule has 0 spiro atoms. The second-order valence-electron chi connectivity index (χ2n) is 4.79. The average Bonchev–Trinajstić information content (AvgIpc) is 2.46. The van der Waals surface area contributed by atoms with Crippen molar-refractivity contribution in [2.75, 3.05) is 0 Å². The molecule has 0 atom stereocenters. The van der Waals surface area contributed by atoms with Gasteiger partial charge < -0.3 is 0 Å². The molecule has 0 heterocycles. The third kappa shape index (κ3) is 5.22. The first-order chi connectivity index (χ1) is 9.63. The molecule has 0 saturated heterocycles. The Bertz CT molecular complexity index is 507. The zero-order chi connectivity index (χ0) is 14.4. The Balaban J connectivity index is 1.75. The molecule has 0 unspecified atom stereocenters. The van der Waals surface area contributed by atoms with Gasteiger partial charge in [0.15, 0.2) is 0 Å². The van der Waals surface area contributed by atoms with Crippen molar-refractivity contribution in [3.8, 4) is 0 Å². The van der Waals surface area contributed by atoms with Gasteiger partial charge in [-0.05, 0) is 48.2 Å². The molecule has 0 bridgehead atoms. The van der Waals surface area contributed by atoms with Crippen LogP contribution >= 0.6 is 31.9 Å². The maximum Gasteiger partial charge on any atom is 0.133 e. The van der Waals surface area contributed by atoms with E-state index in [4.69, 9.17) is 0 Å². The number of carbonyl (C=O) groups is 1. The Morgan fingerprint density at radius 1 is 0.700 bits per heavy atom. The fourth-order valence-electron chi connectivity index (χ4n) is 1.99. The zero-order valence-corrected chi connectivity index (χ0v) is 14.3. The molecule has 2 rings (SSSR count). The number of rotatable bonds is 6. The molecule has 0 radical (unpaired) electrons. The van der Waals surface area contributed by atoms with E-state index in [1.807, 2.05) is 24.3 Å². The third-order valence-electron chi connectivity index (χ3n) is 3.21. The van der Waals surface area contributed by atoms with E-state index in [1.165, 1.54) is 11.1 Å². The molecule has 20 heavy (non-hydrogen) atoms. The number of aryl methyl sites for hydroxylation is 2. The van der Waals surface area contributed by atoms with Crippen LogP contribution in [0.25, 0.3) is 0 Å². The quantitative estimate of drug-likeness (QED) is 0.644. The summed E-state index contributed by atoms with van der Waals surface area (Å²) in [7, 11) is 0. The predicted octanol–water partition coefficient (Wildman–Crippen LogP) is 5.35. The maximum atomic E-state index is 11.9. The molecular formula is C17H16Br2O. The van der Waals surface area contributed by atoms with Gasteiger partial charge in [0, 0.05) is 21.8 Å². The maximum absolute atomic E-state index is 11.9. The van der Waals surface area contributed by atoms with Crippen LogP contribution in [0.5, 0.6) is 0 Å². The monoisotopic (exact) mass is 394 g/mol. The highest BCUT2D eigenvalue weighted by atomic mass is 79.9. The minimum Gasteiger partial charge on any atom is -0.300 e. The van der Waals surface area contributed by atoms with Gasteiger partial charge in [0.05, 0.1) is 0 Å². The van der Waals surface area contributed by atoms with Gasteiger partial charge in [0.1, 0.15) is 5.78 Å². The summed E-state index contributed by atoms with van der Waals surface area (Å²) in [4.78, 5) is 11.9. The topological polar surface area (TPSA) is 17.1 Å². The first-order valence-electron chi connectivity index (χ1n) is 6.64. The van der Waals surface area contributed by atoms with Crippen LogP contribution in [0.3, 0.4) is 0 Å². The Kier molecular flexibility index (Phi) is 5.99. The molecule has 0 aliphatic carbocycles. The lowest BCUT2D eigenvalue weighted by molar-refractivity contribution is -0.119. The summed E-state index contributed by atoms with van der Waals surface area (Å²) < 4.78 is 2.14. The summed E-state index contributed by atoms with van der Waals surface area (Å²) in [6.45, 7) is 0. The summed E-state index contributed by atoms with van der Waals surface area (Å²) in [5.74, 6) is 0.329. The van der Waals surface area contributed by atoms with Crippen LogP contribution in [0.4, 0.5) is 0 Å². The molecule has 3 heteroatoms. The SMILES string of the molecule is O=C(CCc1ccc(Br)cc1)CCc1ccc(Br)cc1. The van der Waals surface area contributed by atoms with E-state index in [0.29, 0.717) is 18.6 Å². The van der Waals surface area contributed by atoms with Crippen molar-refractivity contribution in [1.82, 2.24) is 0 Å². The number of hydrogen-bond acceptors (Lipinski definition) is 1. The van der Waals surface area contributed by atoms with Crippen molar-refractivity contribution in [2.24, 2.45) is 0 Å². The molecule has 0 aliphatic rings. The minimum atomic E-state index is 0.329. The number of halogens is 2. The molecular weight excluding hydrogens is 380 g/mol. The Morgan fingerprint density at radius 2 is 1.05 bits per heavy atom. The lowest BCUT2D eigenvalue weighted by Crippen LogP contribution is -2.02. The van der Waals surface area contributed by atoms with E-state index < -0.39 is 0 Å². The average molecular weight is 396 g/mol. The van der Waals surface area contributed by atoms with Crippen LogP contribution < -0.4 is 0 Å². The Hall–Kier alpha value is -0.930. The number of carbonyl (C=O) groups excluding carboxylic acids is 1. The molecule has 2 aromatic rings. The summed E-state index contributed by atoms with van der Waals surface area (Å²) in [6, 6.07) is 16.3.